The number of nitrogens with zero attached hydrogens (tertiary/aromatic N) is 3. The summed E-state index contributed by atoms with van der Waals surface area (Å²) in [5.74, 6) is 0.662. The van der Waals surface area contributed by atoms with Gasteiger partial charge in [0.25, 0.3) is 0 Å². The van der Waals surface area contributed by atoms with E-state index >= 15 is 0 Å². The van der Waals surface area contributed by atoms with Gasteiger partial charge in [0, 0.05) is 20.5 Å². The molecule has 0 atom stereocenters. The summed E-state index contributed by atoms with van der Waals surface area (Å²) < 4.78 is 0. The zero-order valence-corrected chi connectivity index (χ0v) is 14.3. The number of aromatic nitrogens is 2. The van der Waals surface area contributed by atoms with Crippen LogP contribution in [0.4, 0.5) is 11.6 Å². The molecule has 1 N–H and O–H groups in total. The van der Waals surface area contributed by atoms with E-state index in [0.717, 1.165) is 29.9 Å². The highest BCUT2D eigenvalue weighted by molar-refractivity contribution is 5.91. The monoisotopic (exact) mass is 312 g/mol. The normalized spacial score (nSPS) is 10.4. The largest absolute Gasteiger partial charge is 0.347 e. The van der Waals surface area contributed by atoms with Crippen LogP contribution in [0, 0.1) is 13.8 Å². The second kappa shape index (κ2) is 7.72. The van der Waals surface area contributed by atoms with Gasteiger partial charge in [-0.05, 0) is 32.3 Å². The molecule has 2 rings (SSSR count). The van der Waals surface area contributed by atoms with Gasteiger partial charge in [-0.15, -0.1) is 0 Å². The fourth-order valence-electron chi connectivity index (χ4n) is 2.38. The Kier molecular flexibility index (Phi) is 5.68. The van der Waals surface area contributed by atoms with Crippen molar-refractivity contribution in [3.8, 4) is 0 Å². The second-order valence-electron chi connectivity index (χ2n) is 5.85. The first-order valence-electron chi connectivity index (χ1n) is 7.83. The molecule has 0 radical (unpaired) electrons. The highest BCUT2D eigenvalue weighted by Crippen LogP contribution is 2.20. The molecule has 23 heavy (non-hydrogen) atoms. The molecule has 1 heterocycles. The lowest BCUT2D eigenvalue weighted by molar-refractivity contribution is -0.116. The van der Waals surface area contributed by atoms with Gasteiger partial charge in [0.1, 0.15) is 0 Å². The van der Waals surface area contributed by atoms with E-state index < -0.39 is 0 Å². The van der Waals surface area contributed by atoms with Crippen LogP contribution in [0.2, 0.25) is 0 Å². The van der Waals surface area contributed by atoms with Crippen LogP contribution in [0.5, 0.6) is 0 Å². The maximum absolute atomic E-state index is 12.1. The van der Waals surface area contributed by atoms with Gasteiger partial charge in [-0.1, -0.05) is 30.3 Å². The number of nitrogens with one attached hydrogen (secondary N) is 1. The third kappa shape index (κ3) is 4.77. The quantitative estimate of drug-likeness (QED) is 0.890. The van der Waals surface area contributed by atoms with Crippen LogP contribution in [0.25, 0.3) is 0 Å². The number of rotatable bonds is 6. The third-order valence-corrected chi connectivity index (χ3v) is 3.64. The highest BCUT2D eigenvalue weighted by atomic mass is 16.1. The first-order chi connectivity index (χ1) is 11.0. The molecular weight excluding hydrogens is 288 g/mol. The van der Waals surface area contributed by atoms with Crippen LogP contribution < -0.4 is 10.2 Å². The minimum Gasteiger partial charge on any atom is -0.347 e. The highest BCUT2D eigenvalue weighted by Gasteiger charge is 2.12. The second-order valence-corrected chi connectivity index (χ2v) is 5.85. The smallest absolute Gasteiger partial charge is 0.225 e. The zero-order chi connectivity index (χ0) is 16.8. The first kappa shape index (κ1) is 16.9. The van der Waals surface area contributed by atoms with Crippen molar-refractivity contribution < 1.29 is 4.79 Å². The lowest BCUT2D eigenvalue weighted by atomic mass is 10.1. The van der Waals surface area contributed by atoms with E-state index in [1.807, 2.05) is 51.0 Å². The molecule has 2 aromatic rings. The van der Waals surface area contributed by atoms with Gasteiger partial charge in [0.2, 0.25) is 11.9 Å². The minimum atomic E-state index is 0.00772. The Balaban J connectivity index is 1.92. The van der Waals surface area contributed by atoms with Crippen molar-refractivity contribution in [1.29, 1.82) is 0 Å². The minimum absolute atomic E-state index is 0.00772. The van der Waals surface area contributed by atoms with Crippen molar-refractivity contribution >= 4 is 17.5 Å². The third-order valence-electron chi connectivity index (χ3n) is 3.64. The fourth-order valence-corrected chi connectivity index (χ4v) is 2.38. The number of carbonyl (C=O) groups is 1. The Morgan fingerprint density at radius 3 is 2.26 bits per heavy atom. The van der Waals surface area contributed by atoms with Crippen molar-refractivity contribution in [3.63, 3.8) is 0 Å². The van der Waals surface area contributed by atoms with Crippen molar-refractivity contribution in [2.24, 2.45) is 0 Å². The SMILES string of the molecule is Cc1nc(N(C)C)nc(C)c1NC(=O)CCCc1ccccc1. The van der Waals surface area contributed by atoms with E-state index in [4.69, 9.17) is 0 Å². The van der Waals surface area contributed by atoms with E-state index in [2.05, 4.69) is 27.4 Å². The zero-order valence-electron chi connectivity index (χ0n) is 14.3. The molecule has 5 nitrogen and oxygen atoms in total. The van der Waals surface area contributed by atoms with Crippen molar-refractivity contribution in [2.45, 2.75) is 33.1 Å². The van der Waals surface area contributed by atoms with Crippen molar-refractivity contribution in [1.82, 2.24) is 9.97 Å². The Hall–Kier alpha value is -2.43. The molecule has 122 valence electrons. The standard InChI is InChI=1S/C18H24N4O/c1-13-17(14(2)20-18(19-13)22(3)4)21-16(23)12-8-11-15-9-6-5-7-10-15/h5-7,9-10H,8,11-12H2,1-4H3,(H,21,23). The molecule has 0 saturated carbocycles. The summed E-state index contributed by atoms with van der Waals surface area (Å²) in [4.78, 5) is 22.8. The fraction of sp³-hybridized carbons (Fsp3) is 0.389. The molecule has 1 amide bonds. The summed E-state index contributed by atoms with van der Waals surface area (Å²) >= 11 is 0. The molecule has 0 aliphatic rings. The Labute approximate surface area is 137 Å². The summed E-state index contributed by atoms with van der Waals surface area (Å²) in [6, 6.07) is 10.2. The van der Waals surface area contributed by atoms with Crippen molar-refractivity contribution in [3.05, 3.63) is 47.3 Å². The molecule has 0 fully saturated rings. The average molecular weight is 312 g/mol. The van der Waals surface area contributed by atoms with Gasteiger partial charge in [-0.2, -0.15) is 0 Å². The van der Waals surface area contributed by atoms with E-state index in [1.54, 1.807) is 0 Å². The Morgan fingerprint density at radius 2 is 1.70 bits per heavy atom. The molecular formula is C18H24N4O. The van der Waals surface area contributed by atoms with Crippen molar-refractivity contribution in [2.75, 3.05) is 24.3 Å². The van der Waals surface area contributed by atoms with Gasteiger partial charge in [0.05, 0.1) is 17.1 Å². The molecule has 0 bridgehead atoms. The summed E-state index contributed by atoms with van der Waals surface area (Å²) in [6.07, 6.45) is 2.22. The Bertz CT molecular complexity index is 645. The summed E-state index contributed by atoms with van der Waals surface area (Å²) in [7, 11) is 3.80. The van der Waals surface area contributed by atoms with Crippen LogP contribution in [-0.2, 0) is 11.2 Å². The molecule has 1 aromatic heterocycles. The van der Waals surface area contributed by atoms with Crippen LogP contribution >= 0.6 is 0 Å². The first-order valence-corrected chi connectivity index (χ1v) is 7.83. The maximum Gasteiger partial charge on any atom is 0.225 e. The molecule has 0 unspecified atom stereocenters. The molecule has 1 aromatic carbocycles. The topological polar surface area (TPSA) is 58.1 Å². The number of hydrogen-bond donors (Lipinski definition) is 1. The number of carbonyl (C=O) groups excluding carboxylic acids is 1. The summed E-state index contributed by atoms with van der Waals surface area (Å²) in [6.45, 7) is 3.78. The predicted octanol–water partition coefficient (Wildman–Crippen LogP) is 3.12. The number of hydrogen-bond acceptors (Lipinski definition) is 4. The summed E-state index contributed by atoms with van der Waals surface area (Å²) in [5.41, 5.74) is 3.56. The van der Waals surface area contributed by atoms with Crippen LogP contribution in [0.1, 0.15) is 29.8 Å². The molecule has 5 heteroatoms. The molecule has 0 aliphatic heterocycles. The van der Waals surface area contributed by atoms with Gasteiger partial charge in [-0.25, -0.2) is 9.97 Å². The number of benzene rings is 1. The number of aryl methyl sites for hydroxylation is 3. The van der Waals surface area contributed by atoms with E-state index in [9.17, 15) is 4.79 Å². The lowest BCUT2D eigenvalue weighted by Crippen LogP contribution is -2.18. The molecule has 0 saturated heterocycles. The van der Waals surface area contributed by atoms with Crippen LogP contribution in [0.3, 0.4) is 0 Å². The lowest BCUT2D eigenvalue weighted by Gasteiger charge is -2.15. The van der Waals surface area contributed by atoms with E-state index in [-0.39, 0.29) is 5.91 Å². The van der Waals surface area contributed by atoms with Crippen LogP contribution in [0.15, 0.2) is 30.3 Å². The van der Waals surface area contributed by atoms with Gasteiger partial charge in [-0.3, -0.25) is 4.79 Å². The van der Waals surface area contributed by atoms with E-state index in [0.29, 0.717) is 12.4 Å². The summed E-state index contributed by atoms with van der Waals surface area (Å²) in [5, 5.41) is 2.95. The number of anilines is 2. The van der Waals surface area contributed by atoms with Crippen LogP contribution in [-0.4, -0.2) is 30.0 Å². The van der Waals surface area contributed by atoms with Gasteiger partial charge >= 0.3 is 0 Å². The average Bonchev–Trinajstić information content (AvgIpc) is 2.51. The van der Waals surface area contributed by atoms with Gasteiger partial charge < -0.3 is 10.2 Å². The Morgan fingerprint density at radius 1 is 1.09 bits per heavy atom. The maximum atomic E-state index is 12.1. The number of amides is 1. The predicted molar refractivity (Wildman–Crippen MR) is 93.8 cm³/mol. The van der Waals surface area contributed by atoms with Gasteiger partial charge in [0.15, 0.2) is 0 Å². The molecule has 0 spiro atoms. The van der Waals surface area contributed by atoms with E-state index in [1.165, 1.54) is 5.56 Å². The molecule has 0 aliphatic carbocycles.